The molecule has 1 aromatic heterocycles. The van der Waals surface area contributed by atoms with Crippen LogP contribution < -0.4 is 14.8 Å². The molecule has 6 nitrogen and oxygen atoms in total. The SMILES string of the molecule is CNC(=O)CN1CCC(c2ccc3[nH]c(-c4ccc(OC)c(OC)c4)c(C(C)C)c3c2)CC1. The smallest absolute Gasteiger partial charge is 0.233 e. The molecule has 0 unspecified atom stereocenters. The topological polar surface area (TPSA) is 66.6 Å². The predicted molar refractivity (Wildman–Crippen MR) is 133 cm³/mol. The molecule has 0 bridgehead atoms. The number of hydrogen-bond donors (Lipinski definition) is 2. The summed E-state index contributed by atoms with van der Waals surface area (Å²) in [7, 11) is 5.02. The van der Waals surface area contributed by atoms with E-state index in [1.54, 1.807) is 21.3 Å². The van der Waals surface area contributed by atoms with Gasteiger partial charge in [-0.15, -0.1) is 0 Å². The number of rotatable bonds is 7. The normalized spacial score (nSPS) is 15.2. The summed E-state index contributed by atoms with van der Waals surface area (Å²) in [6, 6.07) is 12.9. The number of aromatic amines is 1. The highest BCUT2D eigenvalue weighted by atomic mass is 16.5. The van der Waals surface area contributed by atoms with Gasteiger partial charge in [-0.25, -0.2) is 0 Å². The first kappa shape index (κ1) is 23.2. The van der Waals surface area contributed by atoms with Crippen molar-refractivity contribution in [2.75, 3.05) is 40.9 Å². The van der Waals surface area contributed by atoms with E-state index in [9.17, 15) is 4.79 Å². The zero-order valence-electron chi connectivity index (χ0n) is 20.3. The summed E-state index contributed by atoms with van der Waals surface area (Å²) >= 11 is 0. The van der Waals surface area contributed by atoms with Gasteiger partial charge in [0.15, 0.2) is 11.5 Å². The summed E-state index contributed by atoms with van der Waals surface area (Å²) in [6.07, 6.45) is 2.15. The lowest BCUT2D eigenvalue weighted by molar-refractivity contribution is -0.122. The third kappa shape index (κ3) is 4.71. The number of benzene rings is 2. The summed E-state index contributed by atoms with van der Waals surface area (Å²) in [4.78, 5) is 17.6. The van der Waals surface area contributed by atoms with Crippen LogP contribution in [-0.4, -0.2) is 56.7 Å². The number of methoxy groups -OCH3 is 2. The maximum atomic E-state index is 11.7. The minimum Gasteiger partial charge on any atom is -0.493 e. The van der Waals surface area contributed by atoms with Gasteiger partial charge in [0.05, 0.1) is 26.5 Å². The van der Waals surface area contributed by atoms with E-state index in [2.05, 4.69) is 53.3 Å². The van der Waals surface area contributed by atoms with Gasteiger partial charge in [0.25, 0.3) is 0 Å². The van der Waals surface area contributed by atoms with E-state index in [1.165, 1.54) is 16.5 Å². The number of nitrogens with one attached hydrogen (secondary N) is 2. The number of amides is 1. The predicted octanol–water partition coefficient (Wildman–Crippen LogP) is 4.90. The van der Waals surface area contributed by atoms with Crippen molar-refractivity contribution in [3.05, 3.63) is 47.5 Å². The Hall–Kier alpha value is -2.99. The van der Waals surface area contributed by atoms with Gasteiger partial charge in [0, 0.05) is 23.5 Å². The Morgan fingerprint density at radius 3 is 2.45 bits per heavy atom. The number of carbonyl (C=O) groups is 1. The fourth-order valence-electron chi connectivity index (χ4n) is 5.01. The summed E-state index contributed by atoms with van der Waals surface area (Å²) in [5.41, 5.74) is 6.11. The van der Waals surface area contributed by atoms with Crippen LogP contribution in [0.2, 0.25) is 0 Å². The largest absolute Gasteiger partial charge is 0.493 e. The number of hydrogen-bond acceptors (Lipinski definition) is 4. The van der Waals surface area contributed by atoms with E-state index in [0.717, 1.165) is 54.2 Å². The molecule has 1 amide bonds. The minimum absolute atomic E-state index is 0.0893. The van der Waals surface area contributed by atoms with Crippen molar-refractivity contribution in [1.82, 2.24) is 15.2 Å². The first-order valence-electron chi connectivity index (χ1n) is 11.8. The number of H-pyrrole nitrogens is 1. The highest BCUT2D eigenvalue weighted by Crippen LogP contribution is 2.40. The maximum Gasteiger partial charge on any atom is 0.233 e. The van der Waals surface area contributed by atoms with E-state index in [-0.39, 0.29) is 5.91 Å². The molecule has 1 fully saturated rings. The number of carbonyl (C=O) groups excluding carboxylic acids is 1. The van der Waals surface area contributed by atoms with Crippen LogP contribution in [0.25, 0.3) is 22.2 Å². The highest BCUT2D eigenvalue weighted by Gasteiger charge is 2.24. The molecule has 2 N–H and O–H groups in total. The van der Waals surface area contributed by atoms with Gasteiger partial charge in [0.1, 0.15) is 0 Å². The molecule has 1 aliphatic heterocycles. The molecule has 2 heterocycles. The van der Waals surface area contributed by atoms with E-state index in [0.29, 0.717) is 18.4 Å². The van der Waals surface area contributed by atoms with Gasteiger partial charge in [-0.1, -0.05) is 19.9 Å². The van der Waals surface area contributed by atoms with Gasteiger partial charge < -0.3 is 19.8 Å². The molecule has 1 aliphatic rings. The number of nitrogens with zero attached hydrogens (tertiary/aromatic N) is 1. The Morgan fingerprint density at radius 1 is 1.09 bits per heavy atom. The number of fused-ring (bicyclic) bond motifs is 1. The lowest BCUT2D eigenvalue weighted by atomic mass is 9.87. The molecule has 3 aromatic rings. The number of likely N-dealkylation sites (N-methyl/N-ethyl adjacent to an activating group) is 1. The van der Waals surface area contributed by atoms with Crippen LogP contribution in [-0.2, 0) is 4.79 Å². The van der Waals surface area contributed by atoms with Gasteiger partial charge in [-0.05, 0) is 79.2 Å². The number of likely N-dealkylation sites (tertiary alicyclic amines) is 1. The lowest BCUT2D eigenvalue weighted by Crippen LogP contribution is -2.40. The second-order valence-electron chi connectivity index (χ2n) is 9.17. The molecule has 4 rings (SSSR count). The molecule has 33 heavy (non-hydrogen) atoms. The van der Waals surface area contributed by atoms with Crippen molar-refractivity contribution in [2.45, 2.75) is 38.5 Å². The van der Waals surface area contributed by atoms with Crippen LogP contribution in [0.15, 0.2) is 36.4 Å². The molecular weight excluding hydrogens is 414 g/mol. The third-order valence-electron chi connectivity index (χ3n) is 6.82. The first-order valence-corrected chi connectivity index (χ1v) is 11.8. The average molecular weight is 450 g/mol. The Labute approximate surface area is 196 Å². The Balaban J connectivity index is 1.65. The Bertz CT molecular complexity index is 1130. The summed E-state index contributed by atoms with van der Waals surface area (Å²) in [5.74, 6) is 2.44. The average Bonchev–Trinajstić information content (AvgIpc) is 3.23. The van der Waals surface area contributed by atoms with Crippen LogP contribution in [0.1, 0.15) is 49.7 Å². The van der Waals surface area contributed by atoms with Gasteiger partial charge >= 0.3 is 0 Å². The van der Waals surface area contributed by atoms with E-state index in [4.69, 9.17) is 9.47 Å². The second-order valence-corrected chi connectivity index (χ2v) is 9.17. The molecule has 0 radical (unpaired) electrons. The summed E-state index contributed by atoms with van der Waals surface area (Å²) in [5, 5.41) is 4.01. The lowest BCUT2D eigenvalue weighted by Gasteiger charge is -2.31. The quantitative estimate of drug-likeness (QED) is 0.538. The van der Waals surface area contributed by atoms with Gasteiger partial charge in [-0.3, -0.25) is 9.69 Å². The molecular formula is C27H35N3O3. The van der Waals surface area contributed by atoms with Crippen molar-refractivity contribution < 1.29 is 14.3 Å². The summed E-state index contributed by atoms with van der Waals surface area (Å²) in [6.45, 7) is 6.90. The van der Waals surface area contributed by atoms with Crippen LogP contribution in [0.4, 0.5) is 0 Å². The van der Waals surface area contributed by atoms with E-state index >= 15 is 0 Å². The summed E-state index contributed by atoms with van der Waals surface area (Å²) < 4.78 is 11.0. The maximum absolute atomic E-state index is 11.7. The number of piperidine rings is 1. The number of aromatic nitrogens is 1. The zero-order valence-corrected chi connectivity index (χ0v) is 20.3. The Morgan fingerprint density at radius 2 is 1.82 bits per heavy atom. The molecule has 6 heteroatoms. The molecule has 2 aromatic carbocycles. The van der Waals surface area contributed by atoms with Crippen molar-refractivity contribution in [2.24, 2.45) is 0 Å². The standard InChI is InChI=1S/C27H35N3O3/c1-17(2)26-21-14-19(18-10-12-30(13-11-18)16-25(31)28-3)6-8-22(21)29-27(26)20-7-9-23(32-4)24(15-20)33-5/h6-9,14-15,17-18,29H,10-13,16H2,1-5H3,(H,28,31). The van der Waals surface area contributed by atoms with Crippen LogP contribution in [0, 0.1) is 0 Å². The van der Waals surface area contributed by atoms with Crippen molar-refractivity contribution in [1.29, 1.82) is 0 Å². The fourth-order valence-corrected chi connectivity index (χ4v) is 5.01. The molecule has 0 saturated carbocycles. The van der Waals surface area contributed by atoms with Gasteiger partial charge in [-0.2, -0.15) is 0 Å². The van der Waals surface area contributed by atoms with Crippen molar-refractivity contribution >= 4 is 16.8 Å². The second kappa shape index (κ2) is 9.87. The molecule has 0 spiro atoms. The van der Waals surface area contributed by atoms with Crippen molar-refractivity contribution in [3.8, 4) is 22.8 Å². The van der Waals surface area contributed by atoms with Crippen LogP contribution in [0.5, 0.6) is 11.5 Å². The first-order chi connectivity index (χ1) is 15.9. The molecule has 176 valence electrons. The number of ether oxygens (including phenoxy) is 2. The third-order valence-corrected chi connectivity index (χ3v) is 6.82. The van der Waals surface area contributed by atoms with E-state index < -0.39 is 0 Å². The van der Waals surface area contributed by atoms with Crippen molar-refractivity contribution in [3.63, 3.8) is 0 Å². The monoisotopic (exact) mass is 449 g/mol. The molecule has 1 saturated heterocycles. The fraction of sp³-hybridized carbons (Fsp3) is 0.444. The van der Waals surface area contributed by atoms with E-state index in [1.807, 2.05) is 12.1 Å². The van der Waals surface area contributed by atoms with Crippen LogP contribution in [0.3, 0.4) is 0 Å². The Kier molecular flexibility index (Phi) is 6.94. The zero-order chi connectivity index (χ0) is 23.5. The molecule has 0 atom stereocenters. The molecule has 0 aliphatic carbocycles. The minimum atomic E-state index is 0.0893. The van der Waals surface area contributed by atoms with Crippen LogP contribution >= 0.6 is 0 Å². The highest BCUT2D eigenvalue weighted by molar-refractivity contribution is 5.92. The van der Waals surface area contributed by atoms with Gasteiger partial charge in [0.2, 0.25) is 5.91 Å².